The summed E-state index contributed by atoms with van der Waals surface area (Å²) in [5.41, 5.74) is 1.06. The van der Waals surface area contributed by atoms with Crippen LogP contribution in [-0.4, -0.2) is 42.6 Å². The molecule has 0 unspecified atom stereocenters. The number of amides is 2. The number of hydrogen-bond donors (Lipinski definition) is 1. The van der Waals surface area contributed by atoms with Crippen LogP contribution in [0.4, 0.5) is 4.79 Å². The lowest BCUT2D eigenvalue weighted by Gasteiger charge is -2.30. The molecule has 3 rings (SSSR count). The molecular formula is C22H21ClN2O5. The molecule has 0 fully saturated rings. The second kappa shape index (κ2) is 9.93. The molecule has 156 valence electrons. The fourth-order valence-electron chi connectivity index (χ4n) is 3.00. The molecule has 1 aliphatic rings. The molecule has 2 amide bonds. The average Bonchev–Trinajstić information content (AvgIpc) is 2.75. The Kier molecular flexibility index (Phi) is 7.08. The van der Waals surface area contributed by atoms with Crippen LogP contribution in [-0.2, 0) is 9.53 Å². The Morgan fingerprint density at radius 1 is 1.07 bits per heavy atom. The monoisotopic (exact) mass is 428 g/mol. The van der Waals surface area contributed by atoms with E-state index < -0.39 is 12.1 Å². The summed E-state index contributed by atoms with van der Waals surface area (Å²) in [6.45, 7) is 2.20. The first-order valence-corrected chi connectivity index (χ1v) is 9.83. The van der Waals surface area contributed by atoms with Crippen molar-refractivity contribution < 1.29 is 23.9 Å². The van der Waals surface area contributed by atoms with Crippen molar-refractivity contribution in [2.45, 2.75) is 13.3 Å². The Balaban J connectivity index is 1.76. The maximum atomic E-state index is 12.8. The van der Waals surface area contributed by atoms with Gasteiger partial charge in [-0.2, -0.15) is 0 Å². The smallest absolute Gasteiger partial charge is 0.416 e. The summed E-state index contributed by atoms with van der Waals surface area (Å²) in [5, 5.41) is 3.15. The van der Waals surface area contributed by atoms with Crippen molar-refractivity contribution in [2.24, 2.45) is 0 Å². The number of benzene rings is 2. The zero-order valence-electron chi connectivity index (χ0n) is 16.4. The van der Waals surface area contributed by atoms with Gasteiger partial charge in [-0.05, 0) is 43.3 Å². The van der Waals surface area contributed by atoms with Gasteiger partial charge in [0.05, 0.1) is 18.7 Å². The number of para-hydroxylation sites is 1. The van der Waals surface area contributed by atoms with Crippen LogP contribution in [0.3, 0.4) is 0 Å². The van der Waals surface area contributed by atoms with Crippen LogP contribution in [0.25, 0.3) is 0 Å². The Morgan fingerprint density at radius 2 is 1.77 bits per heavy atom. The summed E-state index contributed by atoms with van der Waals surface area (Å²) < 4.78 is 10.3. The largest absolute Gasteiger partial charge is 0.463 e. The van der Waals surface area contributed by atoms with Gasteiger partial charge >= 0.3 is 12.1 Å². The normalized spacial score (nSPS) is 13.6. The number of nitrogens with one attached hydrogen (secondary N) is 1. The van der Waals surface area contributed by atoms with Gasteiger partial charge in [0.2, 0.25) is 0 Å². The third-order valence-corrected chi connectivity index (χ3v) is 4.70. The lowest BCUT2D eigenvalue weighted by molar-refractivity contribution is -0.138. The van der Waals surface area contributed by atoms with Crippen LogP contribution in [0.1, 0.15) is 23.7 Å². The molecule has 0 saturated heterocycles. The van der Waals surface area contributed by atoms with Crippen molar-refractivity contribution in [3.8, 4) is 5.75 Å². The highest BCUT2D eigenvalue weighted by Crippen LogP contribution is 2.21. The maximum absolute atomic E-state index is 12.8. The minimum absolute atomic E-state index is 0.0151. The molecule has 0 aliphatic carbocycles. The Labute approximate surface area is 179 Å². The molecule has 0 aromatic heterocycles. The summed E-state index contributed by atoms with van der Waals surface area (Å²) in [4.78, 5) is 39.1. The van der Waals surface area contributed by atoms with Crippen molar-refractivity contribution in [1.82, 2.24) is 10.2 Å². The molecule has 0 bridgehead atoms. The van der Waals surface area contributed by atoms with Crippen molar-refractivity contribution in [3.05, 3.63) is 76.5 Å². The van der Waals surface area contributed by atoms with Crippen molar-refractivity contribution in [1.29, 1.82) is 0 Å². The van der Waals surface area contributed by atoms with Crippen molar-refractivity contribution in [3.63, 3.8) is 0 Å². The summed E-state index contributed by atoms with van der Waals surface area (Å²) in [6.07, 6.45) is -0.437. The minimum Gasteiger partial charge on any atom is -0.463 e. The first kappa shape index (κ1) is 21.4. The van der Waals surface area contributed by atoms with E-state index in [1.54, 1.807) is 61.5 Å². The fourth-order valence-corrected chi connectivity index (χ4v) is 3.13. The van der Waals surface area contributed by atoms with Crippen molar-refractivity contribution in [2.75, 3.05) is 19.7 Å². The van der Waals surface area contributed by atoms with Gasteiger partial charge in [0.25, 0.3) is 5.91 Å². The quantitative estimate of drug-likeness (QED) is 0.732. The van der Waals surface area contributed by atoms with Gasteiger partial charge in [0.15, 0.2) is 0 Å². The van der Waals surface area contributed by atoms with E-state index in [4.69, 9.17) is 21.1 Å². The lowest BCUT2D eigenvalue weighted by atomic mass is 10.0. The van der Waals surface area contributed by atoms with E-state index in [1.165, 1.54) is 4.90 Å². The Hall–Kier alpha value is -3.32. The SMILES string of the molecule is CCOC(=O)C1=C(NC(=O)Oc2ccccc2)CCN(C(=O)c2ccc(Cl)cc2)C1. The van der Waals surface area contributed by atoms with E-state index in [2.05, 4.69) is 5.32 Å². The maximum Gasteiger partial charge on any atom is 0.416 e. The van der Waals surface area contributed by atoms with Crippen LogP contribution in [0.5, 0.6) is 5.75 Å². The second-order valence-electron chi connectivity index (χ2n) is 6.49. The standard InChI is InChI=1S/C22H21ClN2O5/c1-2-29-21(27)18-14-25(20(26)15-8-10-16(23)11-9-15)13-12-19(18)24-22(28)30-17-6-4-3-5-7-17/h3-11H,2,12-14H2,1H3,(H,24,28). The lowest BCUT2D eigenvalue weighted by Crippen LogP contribution is -2.42. The molecule has 7 nitrogen and oxygen atoms in total. The van der Waals surface area contributed by atoms with E-state index in [0.29, 0.717) is 28.6 Å². The molecule has 8 heteroatoms. The van der Waals surface area contributed by atoms with Gasteiger partial charge in [-0.25, -0.2) is 9.59 Å². The number of ether oxygens (including phenoxy) is 2. The zero-order chi connectivity index (χ0) is 21.5. The number of carbonyl (C=O) groups excluding carboxylic acids is 3. The highest BCUT2D eigenvalue weighted by Gasteiger charge is 2.29. The van der Waals surface area contributed by atoms with Gasteiger partial charge in [0, 0.05) is 29.2 Å². The highest BCUT2D eigenvalue weighted by atomic mass is 35.5. The molecule has 1 aliphatic heterocycles. The van der Waals surface area contributed by atoms with Gasteiger partial charge in [-0.3, -0.25) is 10.1 Å². The third kappa shape index (κ3) is 5.39. The molecule has 0 spiro atoms. The molecule has 2 aromatic carbocycles. The minimum atomic E-state index is -0.713. The third-order valence-electron chi connectivity index (χ3n) is 4.45. The van der Waals surface area contributed by atoms with Gasteiger partial charge in [-0.15, -0.1) is 0 Å². The zero-order valence-corrected chi connectivity index (χ0v) is 17.1. The summed E-state index contributed by atoms with van der Waals surface area (Å²) in [7, 11) is 0. The predicted octanol–water partition coefficient (Wildman–Crippen LogP) is 3.79. The topological polar surface area (TPSA) is 84.9 Å². The number of halogens is 1. The number of hydrogen-bond acceptors (Lipinski definition) is 5. The van der Waals surface area contributed by atoms with E-state index >= 15 is 0 Å². The van der Waals surface area contributed by atoms with E-state index in [1.807, 2.05) is 0 Å². The molecule has 1 heterocycles. The van der Waals surface area contributed by atoms with Crippen molar-refractivity contribution >= 4 is 29.6 Å². The second-order valence-corrected chi connectivity index (χ2v) is 6.93. The van der Waals surface area contributed by atoms with Crippen LogP contribution in [0.2, 0.25) is 5.02 Å². The first-order chi connectivity index (χ1) is 14.5. The predicted molar refractivity (Wildman–Crippen MR) is 111 cm³/mol. The molecule has 1 N–H and O–H groups in total. The number of rotatable bonds is 5. The summed E-state index contributed by atoms with van der Waals surface area (Å²) >= 11 is 5.88. The van der Waals surface area contributed by atoms with Crippen LogP contribution >= 0.6 is 11.6 Å². The van der Waals surface area contributed by atoms with Gasteiger partial charge < -0.3 is 14.4 Å². The molecule has 0 radical (unpaired) electrons. The van der Waals surface area contributed by atoms with E-state index in [-0.39, 0.29) is 31.1 Å². The molecule has 0 atom stereocenters. The number of esters is 1. The number of nitrogens with zero attached hydrogens (tertiary/aromatic N) is 1. The fraction of sp³-hybridized carbons (Fsp3) is 0.227. The molecule has 0 saturated carbocycles. The summed E-state index contributed by atoms with van der Waals surface area (Å²) in [5.74, 6) is -0.441. The molecule has 30 heavy (non-hydrogen) atoms. The average molecular weight is 429 g/mol. The van der Waals surface area contributed by atoms with Crippen LogP contribution in [0.15, 0.2) is 65.9 Å². The van der Waals surface area contributed by atoms with Gasteiger partial charge in [-0.1, -0.05) is 29.8 Å². The summed E-state index contributed by atoms with van der Waals surface area (Å²) in [6, 6.07) is 15.1. The molecule has 2 aromatic rings. The van der Waals surface area contributed by atoms with Gasteiger partial charge in [0.1, 0.15) is 5.75 Å². The first-order valence-electron chi connectivity index (χ1n) is 9.45. The molecular weight excluding hydrogens is 408 g/mol. The number of carbonyl (C=O) groups is 3. The Morgan fingerprint density at radius 3 is 2.43 bits per heavy atom. The van der Waals surface area contributed by atoms with E-state index in [9.17, 15) is 14.4 Å². The highest BCUT2D eigenvalue weighted by molar-refractivity contribution is 6.30. The van der Waals surface area contributed by atoms with Crippen LogP contribution < -0.4 is 10.1 Å². The Bertz CT molecular complexity index is 957. The van der Waals surface area contributed by atoms with Crippen LogP contribution in [0, 0.1) is 0 Å². The van der Waals surface area contributed by atoms with E-state index in [0.717, 1.165) is 0 Å².